The van der Waals surface area contributed by atoms with Crippen LogP contribution in [0.3, 0.4) is 0 Å². The average molecular weight is 182 g/mol. The molecule has 0 saturated carbocycles. The van der Waals surface area contributed by atoms with Gasteiger partial charge in [0, 0.05) is 11.1 Å². The van der Waals surface area contributed by atoms with Crippen molar-refractivity contribution in [2.24, 2.45) is 5.73 Å². The molecule has 2 N–H and O–H groups in total. The summed E-state index contributed by atoms with van der Waals surface area (Å²) in [5, 5.41) is 0.753. The molecule has 1 aromatic rings. The van der Waals surface area contributed by atoms with Crippen molar-refractivity contribution in [2.45, 2.75) is 12.5 Å². The summed E-state index contributed by atoms with van der Waals surface area (Å²) in [5.41, 5.74) is 6.84. The smallest absolute Gasteiger partial charge is 0.0408 e. The first kappa shape index (κ1) is 9.30. The van der Waals surface area contributed by atoms with Crippen molar-refractivity contribution in [1.82, 2.24) is 0 Å². The number of hydrogen-bond donors (Lipinski definition) is 1. The lowest BCUT2D eigenvalue weighted by molar-refractivity contribution is 0.812. The molecule has 0 aliphatic rings. The second kappa shape index (κ2) is 4.29. The molecule has 1 atom stereocenters. The van der Waals surface area contributed by atoms with Crippen molar-refractivity contribution in [3.63, 3.8) is 0 Å². The first-order valence-corrected chi connectivity index (χ1v) is 4.23. The van der Waals surface area contributed by atoms with Gasteiger partial charge in [-0.2, -0.15) is 0 Å². The zero-order valence-corrected chi connectivity index (χ0v) is 7.59. The van der Waals surface area contributed by atoms with Gasteiger partial charge in [0.05, 0.1) is 0 Å². The Labute approximate surface area is 77.8 Å². The molecule has 1 nitrogen and oxygen atoms in total. The van der Waals surface area contributed by atoms with E-state index >= 15 is 0 Å². The van der Waals surface area contributed by atoms with Crippen LogP contribution in [0.15, 0.2) is 36.9 Å². The van der Waals surface area contributed by atoms with Gasteiger partial charge in [0.1, 0.15) is 0 Å². The Balaban J connectivity index is 2.69. The van der Waals surface area contributed by atoms with E-state index in [0.29, 0.717) is 0 Å². The van der Waals surface area contributed by atoms with E-state index in [1.54, 1.807) is 6.08 Å². The summed E-state index contributed by atoms with van der Waals surface area (Å²) < 4.78 is 0. The van der Waals surface area contributed by atoms with Gasteiger partial charge in [0.15, 0.2) is 0 Å². The lowest BCUT2D eigenvalue weighted by Gasteiger charge is -2.05. The molecule has 2 heteroatoms. The van der Waals surface area contributed by atoms with Crippen LogP contribution in [-0.4, -0.2) is 6.04 Å². The molecule has 0 spiro atoms. The minimum atomic E-state index is 0.0171. The second-order valence-electron chi connectivity index (χ2n) is 2.73. The number of hydrogen-bond acceptors (Lipinski definition) is 1. The van der Waals surface area contributed by atoms with Crippen LogP contribution in [0.25, 0.3) is 0 Å². The standard InChI is InChI=1S/C10H12ClN/c1-2-10(12)7-8-4-3-5-9(11)6-8/h2-6,10H,1,7,12H2. The molecule has 12 heavy (non-hydrogen) atoms. The summed E-state index contributed by atoms with van der Waals surface area (Å²) in [7, 11) is 0. The van der Waals surface area contributed by atoms with E-state index in [-0.39, 0.29) is 6.04 Å². The molecule has 0 amide bonds. The molecular formula is C10H12ClN. The highest BCUT2D eigenvalue weighted by Gasteiger charge is 1.98. The van der Waals surface area contributed by atoms with Crippen molar-refractivity contribution in [3.8, 4) is 0 Å². The second-order valence-corrected chi connectivity index (χ2v) is 3.17. The fraction of sp³-hybridized carbons (Fsp3) is 0.200. The molecule has 0 aromatic heterocycles. The van der Waals surface area contributed by atoms with E-state index in [9.17, 15) is 0 Å². The van der Waals surface area contributed by atoms with E-state index in [1.807, 2.05) is 24.3 Å². The highest BCUT2D eigenvalue weighted by Crippen LogP contribution is 2.11. The summed E-state index contributed by atoms with van der Waals surface area (Å²) in [6.45, 7) is 3.62. The first-order chi connectivity index (χ1) is 5.72. The minimum Gasteiger partial charge on any atom is -0.324 e. The summed E-state index contributed by atoms with van der Waals surface area (Å²) in [4.78, 5) is 0. The predicted molar refractivity (Wildman–Crippen MR) is 53.3 cm³/mol. The van der Waals surface area contributed by atoms with Crippen molar-refractivity contribution in [3.05, 3.63) is 47.5 Å². The van der Waals surface area contributed by atoms with Gasteiger partial charge in [0.25, 0.3) is 0 Å². The van der Waals surface area contributed by atoms with Crippen molar-refractivity contribution in [2.75, 3.05) is 0 Å². The van der Waals surface area contributed by atoms with Gasteiger partial charge < -0.3 is 5.73 Å². The molecule has 0 radical (unpaired) electrons. The largest absolute Gasteiger partial charge is 0.324 e. The Morgan fingerprint density at radius 1 is 1.58 bits per heavy atom. The van der Waals surface area contributed by atoms with Crippen molar-refractivity contribution in [1.29, 1.82) is 0 Å². The van der Waals surface area contributed by atoms with Crippen molar-refractivity contribution >= 4 is 11.6 Å². The van der Waals surface area contributed by atoms with E-state index in [2.05, 4.69) is 6.58 Å². The molecule has 64 valence electrons. The predicted octanol–water partition coefficient (Wildman–Crippen LogP) is 2.40. The summed E-state index contributed by atoms with van der Waals surface area (Å²) in [6, 6.07) is 7.72. The van der Waals surface area contributed by atoms with Crippen LogP contribution in [0, 0.1) is 0 Å². The number of halogens is 1. The van der Waals surface area contributed by atoms with E-state index in [0.717, 1.165) is 17.0 Å². The van der Waals surface area contributed by atoms with Crippen LogP contribution in [0.4, 0.5) is 0 Å². The van der Waals surface area contributed by atoms with Crippen LogP contribution >= 0.6 is 11.6 Å². The zero-order chi connectivity index (χ0) is 8.97. The maximum Gasteiger partial charge on any atom is 0.0408 e. The van der Waals surface area contributed by atoms with Gasteiger partial charge in [-0.1, -0.05) is 29.8 Å². The van der Waals surface area contributed by atoms with Gasteiger partial charge in [-0.25, -0.2) is 0 Å². The van der Waals surface area contributed by atoms with Crippen LogP contribution < -0.4 is 5.73 Å². The fourth-order valence-corrected chi connectivity index (χ4v) is 1.23. The Hall–Kier alpha value is -0.790. The highest BCUT2D eigenvalue weighted by molar-refractivity contribution is 6.30. The van der Waals surface area contributed by atoms with E-state index < -0.39 is 0 Å². The SMILES string of the molecule is C=CC(N)Cc1cccc(Cl)c1. The topological polar surface area (TPSA) is 26.0 Å². The zero-order valence-electron chi connectivity index (χ0n) is 6.83. The summed E-state index contributed by atoms with van der Waals surface area (Å²) in [5.74, 6) is 0. The van der Waals surface area contributed by atoms with Gasteiger partial charge in [-0.15, -0.1) is 6.58 Å². The van der Waals surface area contributed by atoms with Gasteiger partial charge in [-0.05, 0) is 24.1 Å². The number of rotatable bonds is 3. The number of benzene rings is 1. The molecule has 1 rings (SSSR count). The maximum absolute atomic E-state index is 5.80. The molecule has 0 fully saturated rings. The summed E-state index contributed by atoms with van der Waals surface area (Å²) >= 11 is 5.80. The van der Waals surface area contributed by atoms with Crippen LogP contribution in [-0.2, 0) is 6.42 Å². The minimum absolute atomic E-state index is 0.0171. The first-order valence-electron chi connectivity index (χ1n) is 3.85. The maximum atomic E-state index is 5.80. The van der Waals surface area contributed by atoms with Crippen LogP contribution in [0.1, 0.15) is 5.56 Å². The molecule has 1 unspecified atom stereocenters. The van der Waals surface area contributed by atoms with Gasteiger partial charge >= 0.3 is 0 Å². The molecule has 0 bridgehead atoms. The third kappa shape index (κ3) is 2.68. The lowest BCUT2D eigenvalue weighted by atomic mass is 10.1. The van der Waals surface area contributed by atoms with Gasteiger partial charge in [-0.3, -0.25) is 0 Å². The number of nitrogens with two attached hydrogens (primary N) is 1. The monoisotopic (exact) mass is 181 g/mol. The molecule has 0 saturated heterocycles. The summed E-state index contributed by atoms with van der Waals surface area (Å²) in [6.07, 6.45) is 2.53. The van der Waals surface area contributed by atoms with E-state index in [4.69, 9.17) is 17.3 Å². The van der Waals surface area contributed by atoms with Crippen molar-refractivity contribution < 1.29 is 0 Å². The Bertz CT molecular complexity index is 270. The Morgan fingerprint density at radius 2 is 2.33 bits per heavy atom. The third-order valence-corrected chi connectivity index (χ3v) is 1.90. The molecule has 1 aromatic carbocycles. The Kier molecular flexibility index (Phi) is 3.32. The highest BCUT2D eigenvalue weighted by atomic mass is 35.5. The lowest BCUT2D eigenvalue weighted by Crippen LogP contribution is -2.19. The third-order valence-electron chi connectivity index (χ3n) is 1.66. The molecule has 0 heterocycles. The quantitative estimate of drug-likeness (QED) is 0.713. The van der Waals surface area contributed by atoms with E-state index in [1.165, 1.54) is 0 Å². The fourth-order valence-electron chi connectivity index (χ4n) is 1.02. The normalized spacial score (nSPS) is 12.5. The van der Waals surface area contributed by atoms with Crippen LogP contribution in [0.2, 0.25) is 5.02 Å². The average Bonchev–Trinajstić information content (AvgIpc) is 2.04. The molecule has 0 aliphatic heterocycles. The molecular weight excluding hydrogens is 170 g/mol. The molecule has 0 aliphatic carbocycles. The van der Waals surface area contributed by atoms with Crippen LogP contribution in [0.5, 0.6) is 0 Å². The Morgan fingerprint density at radius 3 is 2.92 bits per heavy atom. The van der Waals surface area contributed by atoms with Gasteiger partial charge in [0.2, 0.25) is 0 Å².